The predicted octanol–water partition coefficient (Wildman–Crippen LogP) is 10.8. The fraction of sp³-hybridized carbons (Fsp3) is 0.214. The topological polar surface area (TPSA) is 30.7 Å². The normalized spacial score (nSPS) is 18.6. The van der Waals surface area contributed by atoms with Crippen LogP contribution in [-0.2, 0) is 19.3 Å². The SMILES string of the molecule is CC1C=Cc2c(n(-c3nc(C4=C=CCC=C4)cc(-c4ccccc4)n3)c3ccc(-c4cccc5c6c(sc45)CC(C)CC6)cc23)C1. The van der Waals surface area contributed by atoms with Gasteiger partial charge in [-0.05, 0) is 96.4 Å². The number of thiophene rings is 1. The number of allylic oxidation sites excluding steroid dienone is 4. The van der Waals surface area contributed by atoms with E-state index in [4.69, 9.17) is 9.97 Å². The maximum absolute atomic E-state index is 5.24. The Balaban J connectivity index is 1.26. The third kappa shape index (κ3) is 4.55. The maximum Gasteiger partial charge on any atom is 0.235 e. The van der Waals surface area contributed by atoms with E-state index in [1.807, 2.05) is 11.3 Å². The summed E-state index contributed by atoms with van der Waals surface area (Å²) in [5.41, 5.74) is 15.3. The van der Waals surface area contributed by atoms with Crippen LogP contribution in [0.1, 0.15) is 54.1 Å². The predicted molar refractivity (Wildman–Crippen MR) is 193 cm³/mol. The van der Waals surface area contributed by atoms with E-state index in [0.29, 0.717) is 11.9 Å². The number of hydrogen-bond acceptors (Lipinski definition) is 3. The molecule has 0 saturated carbocycles. The second-order valence-corrected chi connectivity index (χ2v) is 14.3. The zero-order valence-electron chi connectivity index (χ0n) is 26.3. The summed E-state index contributed by atoms with van der Waals surface area (Å²) in [6.45, 7) is 4.69. The van der Waals surface area contributed by atoms with Gasteiger partial charge in [0.25, 0.3) is 0 Å². The molecule has 0 fully saturated rings. The van der Waals surface area contributed by atoms with Crippen molar-refractivity contribution in [2.75, 3.05) is 0 Å². The molecule has 9 rings (SSSR count). The summed E-state index contributed by atoms with van der Waals surface area (Å²) >= 11 is 2.02. The Morgan fingerprint density at radius 1 is 0.848 bits per heavy atom. The molecule has 0 amide bonds. The van der Waals surface area contributed by atoms with Crippen LogP contribution in [0.5, 0.6) is 0 Å². The minimum atomic E-state index is 0.437. The van der Waals surface area contributed by atoms with E-state index in [1.54, 1.807) is 10.4 Å². The molecule has 0 spiro atoms. The zero-order valence-corrected chi connectivity index (χ0v) is 27.1. The van der Waals surface area contributed by atoms with Crippen LogP contribution < -0.4 is 0 Å². The van der Waals surface area contributed by atoms with Gasteiger partial charge in [0, 0.05) is 37.4 Å². The van der Waals surface area contributed by atoms with Crippen LogP contribution in [0, 0.1) is 11.8 Å². The molecule has 3 nitrogen and oxygen atoms in total. The summed E-state index contributed by atoms with van der Waals surface area (Å²) in [4.78, 5) is 12.1. The molecule has 0 saturated heterocycles. The lowest BCUT2D eigenvalue weighted by atomic mass is 9.88. The number of hydrogen-bond donors (Lipinski definition) is 0. The fourth-order valence-electron chi connectivity index (χ4n) is 7.54. The number of fused-ring (bicyclic) bond motifs is 6. The quantitative estimate of drug-likeness (QED) is 0.185. The minimum Gasteiger partial charge on any atom is -0.282 e. The fourth-order valence-corrected chi connectivity index (χ4v) is 9.09. The van der Waals surface area contributed by atoms with Crippen molar-refractivity contribution in [1.82, 2.24) is 14.5 Å². The van der Waals surface area contributed by atoms with Gasteiger partial charge in [0.15, 0.2) is 0 Å². The van der Waals surface area contributed by atoms with Crippen molar-refractivity contribution in [3.63, 3.8) is 0 Å². The standard InChI is InChI=1S/C42H35N3S/c1-26-16-19-32-35-24-30(31-14-9-15-34-33-20-17-27(2)23-40(33)46-41(31)34)18-21-38(35)45(39(32)22-26)42-43-36(28-10-5-3-6-11-28)25-37(44-42)29-12-7-4-8-13-29/h3,5-12,14-16,18-19,21,24-27H,4,17,20,22-23H2,1-2H3. The smallest absolute Gasteiger partial charge is 0.235 e. The van der Waals surface area contributed by atoms with E-state index >= 15 is 0 Å². The number of aromatic nitrogens is 3. The minimum absolute atomic E-state index is 0.437. The molecule has 6 aromatic rings. The first-order valence-electron chi connectivity index (χ1n) is 16.6. The van der Waals surface area contributed by atoms with Crippen molar-refractivity contribution in [2.24, 2.45) is 11.8 Å². The highest BCUT2D eigenvalue weighted by Crippen LogP contribution is 2.44. The summed E-state index contributed by atoms with van der Waals surface area (Å²) in [6.07, 6.45) is 16.6. The van der Waals surface area contributed by atoms with E-state index in [1.165, 1.54) is 57.1 Å². The first-order chi connectivity index (χ1) is 22.6. The van der Waals surface area contributed by atoms with Gasteiger partial charge in [0.2, 0.25) is 5.95 Å². The highest BCUT2D eigenvalue weighted by atomic mass is 32.1. The van der Waals surface area contributed by atoms with Crippen molar-refractivity contribution in [3.8, 4) is 28.3 Å². The molecule has 3 aliphatic carbocycles. The molecule has 46 heavy (non-hydrogen) atoms. The van der Waals surface area contributed by atoms with Crippen molar-refractivity contribution < 1.29 is 0 Å². The van der Waals surface area contributed by atoms with Gasteiger partial charge in [-0.2, -0.15) is 0 Å². The number of nitrogens with zero attached hydrogens (tertiary/aromatic N) is 3. The zero-order chi connectivity index (χ0) is 30.8. The molecule has 0 aliphatic heterocycles. The average molecular weight is 614 g/mol. The molecule has 2 atom stereocenters. The van der Waals surface area contributed by atoms with Crippen molar-refractivity contribution >= 4 is 44.0 Å². The third-order valence-corrected chi connectivity index (χ3v) is 11.2. The van der Waals surface area contributed by atoms with Gasteiger partial charge in [-0.3, -0.25) is 4.57 Å². The summed E-state index contributed by atoms with van der Waals surface area (Å²) < 4.78 is 3.76. The number of rotatable bonds is 4. The Hall–Kier alpha value is -4.76. The van der Waals surface area contributed by atoms with E-state index in [0.717, 1.165) is 46.8 Å². The lowest BCUT2D eigenvalue weighted by Crippen LogP contribution is -2.12. The second kappa shape index (κ2) is 10.9. The Kier molecular flexibility index (Phi) is 6.55. The molecule has 3 heterocycles. The summed E-state index contributed by atoms with van der Waals surface area (Å²) in [7, 11) is 0. The second-order valence-electron chi connectivity index (χ2n) is 13.2. The molecule has 0 bridgehead atoms. The van der Waals surface area contributed by atoms with Crippen LogP contribution in [0.25, 0.3) is 61.0 Å². The van der Waals surface area contributed by atoms with Gasteiger partial charge in [0.05, 0.1) is 16.9 Å². The lowest BCUT2D eigenvalue weighted by molar-refractivity contribution is 0.509. The summed E-state index contributed by atoms with van der Waals surface area (Å²) in [5, 5.41) is 2.71. The molecule has 3 aromatic heterocycles. The molecule has 224 valence electrons. The Morgan fingerprint density at radius 3 is 2.61 bits per heavy atom. The van der Waals surface area contributed by atoms with Gasteiger partial charge < -0.3 is 0 Å². The van der Waals surface area contributed by atoms with Crippen LogP contribution >= 0.6 is 11.3 Å². The molecule has 3 aromatic carbocycles. The molecule has 0 radical (unpaired) electrons. The molecule has 4 heteroatoms. The maximum atomic E-state index is 5.24. The largest absolute Gasteiger partial charge is 0.282 e. The van der Waals surface area contributed by atoms with Crippen molar-refractivity contribution in [2.45, 2.75) is 46.0 Å². The first kappa shape index (κ1) is 27.5. The van der Waals surface area contributed by atoms with Crippen LogP contribution in [-0.4, -0.2) is 14.5 Å². The summed E-state index contributed by atoms with van der Waals surface area (Å²) in [5.74, 6) is 1.92. The van der Waals surface area contributed by atoms with Crippen molar-refractivity contribution in [1.29, 1.82) is 0 Å². The van der Waals surface area contributed by atoms with Crippen LogP contribution in [0.15, 0.2) is 103 Å². The third-order valence-electron chi connectivity index (χ3n) is 9.91. The van der Waals surface area contributed by atoms with Crippen LogP contribution in [0.2, 0.25) is 0 Å². The van der Waals surface area contributed by atoms with Crippen LogP contribution in [0.4, 0.5) is 0 Å². The Bertz CT molecular complexity index is 2310. The molecular weight excluding hydrogens is 579 g/mol. The van der Waals surface area contributed by atoms with Gasteiger partial charge in [0.1, 0.15) is 0 Å². The van der Waals surface area contributed by atoms with E-state index in [-0.39, 0.29) is 0 Å². The van der Waals surface area contributed by atoms with Crippen molar-refractivity contribution in [3.05, 3.63) is 130 Å². The highest BCUT2D eigenvalue weighted by Gasteiger charge is 2.25. The van der Waals surface area contributed by atoms with Gasteiger partial charge in [-0.15, -0.1) is 17.1 Å². The molecule has 0 N–H and O–H groups in total. The molecule has 2 unspecified atom stereocenters. The monoisotopic (exact) mass is 613 g/mol. The van der Waals surface area contributed by atoms with E-state index in [9.17, 15) is 0 Å². The van der Waals surface area contributed by atoms with Crippen LogP contribution in [0.3, 0.4) is 0 Å². The first-order valence-corrected chi connectivity index (χ1v) is 17.4. The van der Waals surface area contributed by atoms with E-state index < -0.39 is 0 Å². The van der Waals surface area contributed by atoms with Gasteiger partial charge in [-0.1, -0.05) is 86.7 Å². The molecule has 3 aliphatic rings. The Labute approximate surface area is 274 Å². The summed E-state index contributed by atoms with van der Waals surface area (Å²) in [6, 6.07) is 26.5. The lowest BCUT2D eigenvalue weighted by Gasteiger charge is -2.17. The van der Waals surface area contributed by atoms with Gasteiger partial charge in [-0.25, -0.2) is 9.97 Å². The number of aryl methyl sites for hydroxylation is 1. The number of benzene rings is 3. The van der Waals surface area contributed by atoms with Gasteiger partial charge >= 0.3 is 0 Å². The highest BCUT2D eigenvalue weighted by molar-refractivity contribution is 7.19. The Morgan fingerprint density at radius 2 is 1.74 bits per heavy atom. The average Bonchev–Trinajstić information content (AvgIpc) is 3.63. The van der Waals surface area contributed by atoms with E-state index in [2.05, 4.69) is 127 Å². The molecular formula is C42H35N3S.